The number of nitrogens with zero attached hydrogens (tertiary/aromatic N) is 1. The van der Waals surface area contributed by atoms with Gasteiger partial charge in [0.05, 0.1) is 29.6 Å². The monoisotopic (exact) mass is 397 g/mol. The first-order valence-electron chi connectivity index (χ1n) is 9.84. The van der Waals surface area contributed by atoms with Crippen LogP contribution in [0.1, 0.15) is 69.3 Å². The fourth-order valence-corrected chi connectivity index (χ4v) is 3.15. The van der Waals surface area contributed by atoms with Crippen LogP contribution >= 0.6 is 0 Å². The molecule has 0 fully saturated rings. The normalized spacial score (nSPS) is 14.2. The number of aliphatic hydroxyl groups is 1. The molecule has 2 aromatic rings. The summed E-state index contributed by atoms with van der Waals surface area (Å²) in [4.78, 5) is 7.04. The van der Waals surface area contributed by atoms with Crippen molar-refractivity contribution in [1.82, 2.24) is 9.97 Å². The van der Waals surface area contributed by atoms with Gasteiger partial charge in [0.15, 0.2) is 0 Å². The molecule has 1 heterocycles. The van der Waals surface area contributed by atoms with Crippen molar-refractivity contribution in [3.05, 3.63) is 41.3 Å². The van der Waals surface area contributed by atoms with Crippen molar-refractivity contribution in [2.24, 2.45) is 5.73 Å². The lowest BCUT2D eigenvalue weighted by Gasteiger charge is -2.18. The first-order valence-corrected chi connectivity index (χ1v) is 9.84. The van der Waals surface area contributed by atoms with Crippen LogP contribution in [0.4, 0.5) is 13.2 Å². The van der Waals surface area contributed by atoms with Gasteiger partial charge in [-0.1, -0.05) is 51.2 Å². The molecule has 0 aliphatic heterocycles. The van der Waals surface area contributed by atoms with Crippen molar-refractivity contribution in [1.29, 1.82) is 0 Å². The van der Waals surface area contributed by atoms with Gasteiger partial charge in [0, 0.05) is 5.56 Å². The number of unbranched alkanes of at least 4 members (excludes halogenated alkanes) is 5. The Morgan fingerprint density at radius 2 is 1.79 bits per heavy atom. The van der Waals surface area contributed by atoms with E-state index in [0.29, 0.717) is 29.1 Å². The van der Waals surface area contributed by atoms with Gasteiger partial charge in [0.1, 0.15) is 5.82 Å². The molecular formula is C21H30F3N3O. The van der Waals surface area contributed by atoms with Crippen molar-refractivity contribution in [3.63, 3.8) is 0 Å². The highest BCUT2D eigenvalue weighted by atomic mass is 19.4. The van der Waals surface area contributed by atoms with E-state index in [2.05, 4.69) is 16.9 Å². The molecule has 0 spiro atoms. The zero-order chi connectivity index (χ0) is 20.8. The van der Waals surface area contributed by atoms with E-state index >= 15 is 0 Å². The van der Waals surface area contributed by atoms with E-state index in [1.54, 1.807) is 19.1 Å². The average molecular weight is 397 g/mol. The first kappa shape index (κ1) is 22.4. The van der Waals surface area contributed by atoms with Gasteiger partial charge in [-0.3, -0.25) is 0 Å². The Hall–Kier alpha value is -1.86. The summed E-state index contributed by atoms with van der Waals surface area (Å²) in [5, 5.41) is 9.33. The van der Waals surface area contributed by atoms with Crippen LogP contribution in [0.5, 0.6) is 0 Å². The highest BCUT2D eigenvalue weighted by molar-refractivity contribution is 5.61. The van der Waals surface area contributed by atoms with E-state index in [1.165, 1.54) is 12.6 Å². The molecule has 2 rings (SSSR count). The number of hydrogen-bond acceptors (Lipinski definition) is 3. The standard InChI is InChI=1S/C21H30F3N3O/c1-3-4-5-6-7-8-9-15-10-11-16(12-17(15)21(22,23)24)18-13-26-19(27-18)20(2,25)14-28/h10-13,28H,3-9,14,25H2,1-2H3,(H,26,27)/t20-/m0/s1. The second kappa shape index (κ2) is 9.56. The van der Waals surface area contributed by atoms with Crippen LogP contribution in [0, 0.1) is 0 Å². The zero-order valence-corrected chi connectivity index (χ0v) is 16.6. The molecule has 0 unspecified atom stereocenters. The number of alkyl halides is 3. The van der Waals surface area contributed by atoms with Crippen LogP contribution in [0.2, 0.25) is 0 Å². The van der Waals surface area contributed by atoms with Crippen molar-refractivity contribution in [3.8, 4) is 11.3 Å². The van der Waals surface area contributed by atoms with Crippen LogP contribution in [-0.2, 0) is 18.1 Å². The predicted molar refractivity (Wildman–Crippen MR) is 105 cm³/mol. The van der Waals surface area contributed by atoms with Crippen LogP contribution < -0.4 is 5.73 Å². The quantitative estimate of drug-likeness (QED) is 0.485. The molecular weight excluding hydrogens is 367 g/mol. The number of hydrogen-bond donors (Lipinski definition) is 3. The SMILES string of the molecule is CCCCCCCCc1ccc(-c2cnc([C@@](C)(N)CO)[nH]2)cc1C(F)(F)F. The third kappa shape index (κ3) is 5.82. The van der Waals surface area contributed by atoms with Crippen LogP contribution in [0.25, 0.3) is 11.3 Å². The van der Waals surface area contributed by atoms with Crippen LogP contribution in [0.3, 0.4) is 0 Å². The summed E-state index contributed by atoms with van der Waals surface area (Å²) < 4.78 is 40.8. The van der Waals surface area contributed by atoms with Gasteiger partial charge in [0.25, 0.3) is 0 Å². The number of nitrogens with one attached hydrogen (secondary N) is 1. The summed E-state index contributed by atoms with van der Waals surface area (Å²) in [7, 11) is 0. The van der Waals surface area contributed by atoms with E-state index in [-0.39, 0.29) is 6.61 Å². The molecule has 0 aliphatic carbocycles. The van der Waals surface area contributed by atoms with E-state index in [1.807, 2.05) is 0 Å². The molecule has 0 bridgehead atoms. The zero-order valence-electron chi connectivity index (χ0n) is 16.6. The molecule has 1 aromatic carbocycles. The van der Waals surface area contributed by atoms with Gasteiger partial charge in [-0.2, -0.15) is 13.2 Å². The molecule has 0 saturated heterocycles. The lowest BCUT2D eigenvalue weighted by Crippen LogP contribution is -2.38. The van der Waals surface area contributed by atoms with Gasteiger partial charge < -0.3 is 15.8 Å². The molecule has 156 valence electrons. The fraction of sp³-hybridized carbons (Fsp3) is 0.571. The van der Waals surface area contributed by atoms with Gasteiger partial charge in [-0.15, -0.1) is 0 Å². The van der Waals surface area contributed by atoms with E-state index in [9.17, 15) is 18.3 Å². The number of aliphatic hydroxyl groups excluding tert-OH is 1. The van der Waals surface area contributed by atoms with Crippen LogP contribution in [-0.4, -0.2) is 21.7 Å². The Bertz CT molecular complexity index is 754. The Labute approximate surface area is 164 Å². The number of rotatable bonds is 10. The van der Waals surface area contributed by atoms with E-state index in [0.717, 1.165) is 38.2 Å². The number of aromatic nitrogens is 2. The molecule has 0 radical (unpaired) electrons. The number of aryl methyl sites for hydroxylation is 1. The highest BCUT2D eigenvalue weighted by Gasteiger charge is 2.33. The summed E-state index contributed by atoms with van der Waals surface area (Å²) in [6.45, 7) is 3.41. The summed E-state index contributed by atoms with van der Waals surface area (Å²) in [6.07, 6.45) is 3.67. The van der Waals surface area contributed by atoms with Crippen molar-refractivity contribution < 1.29 is 18.3 Å². The first-order chi connectivity index (χ1) is 13.2. The second-order valence-electron chi connectivity index (χ2n) is 7.61. The molecule has 1 aromatic heterocycles. The third-order valence-corrected chi connectivity index (χ3v) is 4.97. The summed E-state index contributed by atoms with van der Waals surface area (Å²) in [5.74, 6) is 0.328. The average Bonchev–Trinajstić information content (AvgIpc) is 3.15. The summed E-state index contributed by atoms with van der Waals surface area (Å²) >= 11 is 0. The number of halogens is 3. The van der Waals surface area contributed by atoms with Crippen molar-refractivity contribution >= 4 is 0 Å². The summed E-state index contributed by atoms with van der Waals surface area (Å²) in [5.41, 5.74) is 5.40. The largest absolute Gasteiger partial charge is 0.416 e. The summed E-state index contributed by atoms with van der Waals surface area (Å²) in [6, 6.07) is 4.39. The number of nitrogens with two attached hydrogens (primary N) is 1. The topological polar surface area (TPSA) is 74.9 Å². The van der Waals surface area contributed by atoms with Gasteiger partial charge in [-0.05, 0) is 31.4 Å². The number of aromatic amines is 1. The smallest absolute Gasteiger partial charge is 0.394 e. The number of imidazole rings is 1. The molecule has 0 amide bonds. The van der Waals surface area contributed by atoms with Gasteiger partial charge in [0.2, 0.25) is 0 Å². The number of H-pyrrole nitrogens is 1. The van der Waals surface area contributed by atoms with Gasteiger partial charge >= 0.3 is 6.18 Å². The molecule has 4 nitrogen and oxygen atoms in total. The molecule has 1 atom stereocenters. The maximum Gasteiger partial charge on any atom is 0.416 e. The maximum atomic E-state index is 13.6. The number of benzene rings is 1. The molecule has 0 aliphatic rings. The molecule has 7 heteroatoms. The molecule has 4 N–H and O–H groups in total. The second-order valence-corrected chi connectivity index (χ2v) is 7.61. The van der Waals surface area contributed by atoms with E-state index in [4.69, 9.17) is 5.73 Å². The minimum Gasteiger partial charge on any atom is -0.394 e. The minimum absolute atomic E-state index is 0.325. The Morgan fingerprint density at radius 3 is 2.43 bits per heavy atom. The lowest BCUT2D eigenvalue weighted by molar-refractivity contribution is -0.138. The van der Waals surface area contributed by atoms with Gasteiger partial charge in [-0.25, -0.2) is 4.98 Å². The Balaban J connectivity index is 2.18. The minimum atomic E-state index is -4.41. The third-order valence-electron chi connectivity index (χ3n) is 4.97. The van der Waals surface area contributed by atoms with Crippen molar-refractivity contribution in [2.45, 2.75) is 70.5 Å². The lowest BCUT2D eigenvalue weighted by atomic mass is 9.97. The molecule has 28 heavy (non-hydrogen) atoms. The van der Waals surface area contributed by atoms with Crippen LogP contribution in [0.15, 0.2) is 24.4 Å². The van der Waals surface area contributed by atoms with Crippen molar-refractivity contribution in [2.75, 3.05) is 6.61 Å². The molecule has 0 saturated carbocycles. The maximum absolute atomic E-state index is 13.6. The Kier molecular flexibility index (Phi) is 7.66. The predicted octanol–water partition coefficient (Wildman–Crippen LogP) is 5.16. The highest BCUT2D eigenvalue weighted by Crippen LogP contribution is 2.35. The van der Waals surface area contributed by atoms with E-state index < -0.39 is 17.3 Å². The Morgan fingerprint density at radius 1 is 1.11 bits per heavy atom. The fourth-order valence-electron chi connectivity index (χ4n) is 3.15.